The molecule has 13 aromatic carbocycles. The number of benzene rings is 13. The third-order valence-electron chi connectivity index (χ3n) is 18.9. The molecular weight excluding hydrogens is 1650 g/mol. The number of halogens is 36. The van der Waals surface area contributed by atoms with Crippen molar-refractivity contribution in [2.24, 2.45) is 0 Å². The largest absolute Gasteiger partial charge is 0.309 e. The van der Waals surface area contributed by atoms with Crippen LogP contribution in [-0.2, 0) is 0 Å². The lowest BCUT2D eigenvalue weighted by Crippen LogP contribution is -2.09. The summed E-state index contributed by atoms with van der Waals surface area (Å²) in [6.45, 7) is 0. The van der Waals surface area contributed by atoms with Crippen molar-refractivity contribution < 1.29 is 158 Å². The van der Waals surface area contributed by atoms with Crippen molar-refractivity contribution in [3.63, 3.8) is 0 Å². The standard InChI is InChI=1S/C78H16F36N2/c79-43-31(44(80)52(88)35(51(43)87)39-59(95)67(103)75(111)68(104)60(39)96)17-4-8-27-23(12-17)24-13-18(32-45(81)53(89)36(54(90)46(32)82)40-61(97)69(105)76(112)70(106)62(40)98)5-9-28(24)115(27)21-2-1-3-22(16-21)116-29-10-6-19(33-47(83)55(91)37(56(92)48(33)84)41-63(99)71(107)77(113)72(108)64(41)100)14-25(29)26-15-20(7-11-30(26)116)34-49(85)57(93)38(58(94)50(34)86)42-65(101)73(109)78(114)74(110)66(42)102/h1-16H. The highest BCUT2D eigenvalue weighted by Gasteiger charge is 2.41. The summed E-state index contributed by atoms with van der Waals surface area (Å²) in [5, 5.41) is -2.59. The molecule has 2 heterocycles. The van der Waals surface area contributed by atoms with Gasteiger partial charge in [-0.3, -0.25) is 0 Å². The summed E-state index contributed by atoms with van der Waals surface area (Å²) >= 11 is 0. The maximum atomic E-state index is 16.5. The van der Waals surface area contributed by atoms with Crippen molar-refractivity contribution in [2.45, 2.75) is 0 Å². The molecule has 38 heteroatoms. The van der Waals surface area contributed by atoms with Gasteiger partial charge in [-0.2, -0.15) is 0 Å². The molecule has 0 aliphatic heterocycles. The van der Waals surface area contributed by atoms with Crippen LogP contribution < -0.4 is 0 Å². The highest BCUT2D eigenvalue weighted by Crippen LogP contribution is 2.50. The van der Waals surface area contributed by atoms with Gasteiger partial charge in [0, 0.05) is 32.9 Å². The van der Waals surface area contributed by atoms with E-state index >= 15 is 105 Å². The average Bonchev–Trinajstić information content (AvgIpc) is 1.73. The molecule has 0 unspecified atom stereocenters. The third kappa shape index (κ3) is 10.8. The second kappa shape index (κ2) is 27.3. The van der Waals surface area contributed by atoms with Gasteiger partial charge in [0.15, 0.2) is 186 Å². The molecule has 0 bridgehead atoms. The fourth-order valence-corrected chi connectivity index (χ4v) is 13.7. The van der Waals surface area contributed by atoms with Crippen molar-refractivity contribution in [2.75, 3.05) is 0 Å². The van der Waals surface area contributed by atoms with E-state index in [0.29, 0.717) is 48.5 Å². The Bertz CT molecular complexity index is 6010. The van der Waals surface area contributed by atoms with Crippen molar-refractivity contribution in [1.29, 1.82) is 0 Å². The zero-order chi connectivity index (χ0) is 84.3. The van der Waals surface area contributed by atoms with Gasteiger partial charge in [-0.1, -0.05) is 30.3 Å². The monoisotopic (exact) mass is 1660 g/mol. The Kier molecular flexibility index (Phi) is 18.4. The lowest BCUT2D eigenvalue weighted by molar-refractivity contribution is 0.379. The van der Waals surface area contributed by atoms with Crippen LogP contribution in [0.1, 0.15) is 0 Å². The molecule has 590 valence electrons. The Morgan fingerprint density at radius 2 is 0.259 bits per heavy atom. The number of hydrogen-bond acceptors (Lipinski definition) is 0. The molecule has 0 aliphatic rings. The highest BCUT2D eigenvalue weighted by molar-refractivity contribution is 6.13. The van der Waals surface area contributed by atoms with Crippen LogP contribution in [0, 0.1) is 209 Å². The van der Waals surface area contributed by atoms with Crippen LogP contribution in [0.4, 0.5) is 158 Å². The fourth-order valence-electron chi connectivity index (χ4n) is 13.7. The zero-order valence-electron chi connectivity index (χ0n) is 54.7. The summed E-state index contributed by atoms with van der Waals surface area (Å²) in [6.07, 6.45) is 0. The summed E-state index contributed by atoms with van der Waals surface area (Å²) in [5.74, 6) is -103. The van der Waals surface area contributed by atoms with Gasteiger partial charge in [-0.15, -0.1) is 0 Å². The van der Waals surface area contributed by atoms with Crippen LogP contribution in [0.15, 0.2) is 97.1 Å². The van der Waals surface area contributed by atoms with Gasteiger partial charge in [0.25, 0.3) is 0 Å². The Hall–Kier alpha value is -13.1. The van der Waals surface area contributed by atoms with E-state index in [1.54, 1.807) is 0 Å². The molecule has 15 rings (SSSR count). The zero-order valence-corrected chi connectivity index (χ0v) is 54.7. The van der Waals surface area contributed by atoms with Gasteiger partial charge in [0.2, 0.25) is 23.3 Å². The number of hydrogen-bond donors (Lipinski definition) is 0. The molecule has 2 nitrogen and oxygen atoms in total. The molecule has 15 aromatic rings. The lowest BCUT2D eigenvalue weighted by atomic mass is 9.94. The van der Waals surface area contributed by atoms with Crippen LogP contribution >= 0.6 is 0 Å². The fraction of sp³-hybridized carbons (Fsp3) is 0. The third-order valence-corrected chi connectivity index (χ3v) is 18.9. The molecule has 0 atom stereocenters. The number of nitrogens with zero attached hydrogens (tertiary/aromatic N) is 2. The normalized spacial score (nSPS) is 12.0. The molecule has 0 N–H and O–H groups in total. The van der Waals surface area contributed by atoms with Gasteiger partial charge in [0.05, 0.1) is 88.8 Å². The minimum atomic E-state index is -2.96. The summed E-state index contributed by atoms with van der Waals surface area (Å²) in [5.41, 5.74) is -34.9. The van der Waals surface area contributed by atoms with E-state index < -0.39 is 342 Å². The van der Waals surface area contributed by atoms with Gasteiger partial charge in [0.1, 0.15) is 0 Å². The predicted octanol–water partition coefficient (Wildman–Crippen LogP) is 26.2. The molecular formula is C78H16F36N2. The van der Waals surface area contributed by atoms with Gasteiger partial charge < -0.3 is 9.13 Å². The molecule has 116 heavy (non-hydrogen) atoms. The first-order valence-electron chi connectivity index (χ1n) is 31.4. The second-order valence-electron chi connectivity index (χ2n) is 24.9. The topological polar surface area (TPSA) is 9.86 Å². The van der Waals surface area contributed by atoms with Crippen LogP contribution in [0.2, 0.25) is 0 Å². The minimum Gasteiger partial charge on any atom is -0.309 e. The molecule has 0 amide bonds. The number of aromatic nitrogens is 2. The van der Waals surface area contributed by atoms with Crippen LogP contribution in [0.25, 0.3) is 144 Å². The van der Waals surface area contributed by atoms with Crippen LogP contribution in [0.5, 0.6) is 0 Å². The van der Waals surface area contributed by atoms with Gasteiger partial charge in [-0.25, -0.2) is 158 Å². The van der Waals surface area contributed by atoms with Crippen molar-refractivity contribution in [3.8, 4) is 100 Å². The summed E-state index contributed by atoms with van der Waals surface area (Å²) in [7, 11) is 0. The van der Waals surface area contributed by atoms with Crippen molar-refractivity contribution in [3.05, 3.63) is 306 Å². The smallest absolute Gasteiger partial charge is 0.200 e. The SMILES string of the molecule is Fc1c(F)c(F)c(-c2c(F)c(F)c(-c3ccc4c(c3)c3cc(-c5c(F)c(F)c(-c6c(F)c(F)c(F)c(F)c6F)c(F)c5F)ccc3n4-c3cccc(-n4c5ccc(-c6c(F)c(F)c(-c7c(F)c(F)c(F)c(F)c7F)c(F)c6F)cc5c5cc(-c6c(F)c(F)c(-c7c(F)c(F)c(F)c(F)c7F)c(F)c6F)ccc54)c3)c(F)c2F)c(F)c1F. The van der Waals surface area contributed by atoms with E-state index in [4.69, 9.17) is 0 Å². The predicted molar refractivity (Wildman–Crippen MR) is 337 cm³/mol. The Balaban J connectivity index is 0.972. The first kappa shape index (κ1) is 78.2. The van der Waals surface area contributed by atoms with Crippen LogP contribution in [-0.4, -0.2) is 9.13 Å². The van der Waals surface area contributed by atoms with Crippen molar-refractivity contribution in [1.82, 2.24) is 9.13 Å². The lowest BCUT2D eigenvalue weighted by Gasteiger charge is -2.15. The summed E-state index contributed by atoms with van der Waals surface area (Å²) in [6, 6.07) is 11.9. The van der Waals surface area contributed by atoms with E-state index in [2.05, 4.69) is 0 Å². The second-order valence-corrected chi connectivity index (χ2v) is 24.9. The number of rotatable bonds is 10. The Morgan fingerprint density at radius 1 is 0.129 bits per heavy atom. The van der Waals surface area contributed by atoms with E-state index in [1.807, 2.05) is 0 Å². The highest BCUT2D eigenvalue weighted by atomic mass is 19.2. The average molecular weight is 1660 g/mol. The molecule has 0 fully saturated rings. The molecule has 0 saturated carbocycles. The van der Waals surface area contributed by atoms with Crippen molar-refractivity contribution >= 4 is 43.6 Å². The van der Waals surface area contributed by atoms with Gasteiger partial charge in [-0.05, 0) is 89.0 Å². The number of fused-ring (bicyclic) bond motifs is 6. The maximum Gasteiger partial charge on any atom is 0.200 e. The Labute approximate surface area is 616 Å². The molecule has 2 aromatic heterocycles. The van der Waals surface area contributed by atoms with E-state index in [0.717, 1.165) is 57.7 Å². The molecule has 0 aliphatic carbocycles. The van der Waals surface area contributed by atoms with Gasteiger partial charge >= 0.3 is 0 Å². The summed E-state index contributed by atoms with van der Waals surface area (Å²) < 4.78 is 556. The first-order chi connectivity index (χ1) is 54.6. The van der Waals surface area contributed by atoms with Crippen LogP contribution in [0.3, 0.4) is 0 Å². The minimum absolute atomic E-state index is 0.345. The molecule has 0 radical (unpaired) electrons. The maximum absolute atomic E-state index is 16.5. The first-order valence-corrected chi connectivity index (χ1v) is 31.4. The summed E-state index contributed by atoms with van der Waals surface area (Å²) in [4.78, 5) is 0. The van der Waals surface area contributed by atoms with E-state index in [9.17, 15) is 52.7 Å². The molecule has 0 saturated heterocycles. The molecule has 0 spiro atoms. The van der Waals surface area contributed by atoms with E-state index in [1.165, 1.54) is 0 Å². The quantitative estimate of drug-likeness (QED) is 0.0734. The van der Waals surface area contributed by atoms with E-state index in [-0.39, 0.29) is 11.4 Å². The Morgan fingerprint density at radius 3 is 0.414 bits per heavy atom.